The number of thiocarbonyl (C=S) groups is 1. The third-order valence-corrected chi connectivity index (χ3v) is 5.98. The van der Waals surface area contributed by atoms with Gasteiger partial charge in [0, 0.05) is 24.3 Å². The number of hydrogen-bond acceptors (Lipinski definition) is 4. The van der Waals surface area contributed by atoms with Crippen LogP contribution in [-0.2, 0) is 6.54 Å². The molecule has 4 N–H and O–H groups in total. The summed E-state index contributed by atoms with van der Waals surface area (Å²) in [5.41, 5.74) is 3.69. The minimum absolute atomic E-state index is 0.254. The zero-order chi connectivity index (χ0) is 20.8. The summed E-state index contributed by atoms with van der Waals surface area (Å²) in [6.45, 7) is 2.73. The molecule has 2 atom stereocenters. The fraction of sp³-hybridized carbons (Fsp3) is 0.409. The topological polar surface area (TPSA) is 67.8 Å². The van der Waals surface area contributed by atoms with E-state index in [0.717, 1.165) is 29.7 Å². The SMILES string of the molecule is Cc1ccccc1NC(=S)N[C@@H]1CCCC[C@H]1N(C)Cc1ccccc1B(O)O. The van der Waals surface area contributed by atoms with Gasteiger partial charge >= 0.3 is 7.12 Å². The van der Waals surface area contributed by atoms with Crippen molar-refractivity contribution in [3.63, 3.8) is 0 Å². The number of anilines is 1. The van der Waals surface area contributed by atoms with Crippen LogP contribution in [0.2, 0.25) is 0 Å². The third-order valence-electron chi connectivity index (χ3n) is 5.76. The molecule has 0 bridgehead atoms. The molecule has 0 saturated heterocycles. The average Bonchev–Trinajstić information content (AvgIpc) is 2.70. The van der Waals surface area contributed by atoms with Crippen molar-refractivity contribution in [1.82, 2.24) is 10.2 Å². The molecule has 0 aromatic heterocycles. The summed E-state index contributed by atoms with van der Waals surface area (Å²) in [4.78, 5) is 2.30. The molecule has 0 heterocycles. The van der Waals surface area contributed by atoms with Gasteiger partial charge in [-0.05, 0) is 61.7 Å². The van der Waals surface area contributed by atoms with E-state index in [-0.39, 0.29) is 6.04 Å². The average molecular weight is 411 g/mol. The fourth-order valence-electron chi connectivity index (χ4n) is 4.16. The van der Waals surface area contributed by atoms with Crippen LogP contribution in [0.25, 0.3) is 0 Å². The standard InChI is InChI=1S/C22H30BN3O2S/c1-16-9-3-6-12-19(16)24-22(29)25-20-13-7-8-14-21(20)26(2)15-17-10-4-5-11-18(17)23(27)28/h3-6,9-12,20-21,27-28H,7-8,13-15H2,1-2H3,(H2,24,25,29)/t20-,21-/m1/s1. The summed E-state index contributed by atoms with van der Waals surface area (Å²) in [6.07, 6.45) is 4.52. The van der Waals surface area contributed by atoms with Crippen molar-refractivity contribution in [1.29, 1.82) is 0 Å². The van der Waals surface area contributed by atoms with Gasteiger partial charge in [-0.2, -0.15) is 0 Å². The largest absolute Gasteiger partial charge is 0.488 e. The lowest BCUT2D eigenvalue weighted by Crippen LogP contribution is -2.53. The van der Waals surface area contributed by atoms with Crippen LogP contribution in [0.3, 0.4) is 0 Å². The van der Waals surface area contributed by atoms with Crippen LogP contribution in [0.15, 0.2) is 48.5 Å². The first-order valence-corrected chi connectivity index (χ1v) is 10.6. The van der Waals surface area contributed by atoms with Crippen LogP contribution in [0.4, 0.5) is 5.69 Å². The molecule has 0 radical (unpaired) electrons. The fourth-order valence-corrected chi connectivity index (χ4v) is 4.42. The van der Waals surface area contributed by atoms with E-state index in [4.69, 9.17) is 12.2 Å². The number of hydrogen-bond donors (Lipinski definition) is 4. The van der Waals surface area contributed by atoms with Crippen molar-refractivity contribution in [2.75, 3.05) is 12.4 Å². The predicted octanol–water partition coefficient (Wildman–Crippen LogP) is 2.40. The molecule has 0 aliphatic heterocycles. The summed E-state index contributed by atoms with van der Waals surface area (Å²) < 4.78 is 0. The van der Waals surface area contributed by atoms with E-state index in [1.807, 2.05) is 36.4 Å². The number of nitrogens with one attached hydrogen (secondary N) is 2. The van der Waals surface area contributed by atoms with Gasteiger partial charge in [0.1, 0.15) is 0 Å². The molecule has 0 unspecified atom stereocenters. The van der Waals surface area contributed by atoms with E-state index in [9.17, 15) is 10.0 Å². The number of para-hydroxylation sites is 1. The van der Waals surface area contributed by atoms with E-state index >= 15 is 0 Å². The highest BCUT2D eigenvalue weighted by molar-refractivity contribution is 7.80. The Labute approximate surface area is 179 Å². The monoisotopic (exact) mass is 411 g/mol. The highest BCUT2D eigenvalue weighted by Gasteiger charge is 2.29. The normalized spacial score (nSPS) is 19.1. The molecule has 2 aromatic rings. The summed E-state index contributed by atoms with van der Waals surface area (Å²) in [6, 6.07) is 16.2. The Morgan fingerprint density at radius 3 is 2.55 bits per heavy atom. The molecule has 1 fully saturated rings. The molecule has 0 spiro atoms. The Morgan fingerprint density at radius 2 is 1.79 bits per heavy atom. The summed E-state index contributed by atoms with van der Waals surface area (Å²) >= 11 is 5.59. The Balaban J connectivity index is 1.66. The maximum atomic E-state index is 9.66. The minimum Gasteiger partial charge on any atom is -0.423 e. The lowest BCUT2D eigenvalue weighted by molar-refractivity contribution is 0.153. The second kappa shape index (κ2) is 10.2. The van der Waals surface area contributed by atoms with Crippen molar-refractivity contribution < 1.29 is 10.0 Å². The number of aryl methyl sites for hydroxylation is 1. The smallest absolute Gasteiger partial charge is 0.423 e. The molecule has 1 aliphatic carbocycles. The highest BCUT2D eigenvalue weighted by atomic mass is 32.1. The Morgan fingerprint density at radius 1 is 1.10 bits per heavy atom. The Bertz CT molecular complexity index is 833. The van der Waals surface area contributed by atoms with Crippen molar-refractivity contribution >= 4 is 35.6 Å². The van der Waals surface area contributed by atoms with Gasteiger partial charge in [-0.25, -0.2) is 0 Å². The highest BCUT2D eigenvalue weighted by Crippen LogP contribution is 2.24. The van der Waals surface area contributed by atoms with E-state index < -0.39 is 7.12 Å². The van der Waals surface area contributed by atoms with Gasteiger partial charge in [-0.3, -0.25) is 4.90 Å². The predicted molar refractivity (Wildman–Crippen MR) is 124 cm³/mol. The van der Waals surface area contributed by atoms with Crippen molar-refractivity contribution in [3.05, 3.63) is 59.7 Å². The number of likely N-dealkylation sites (N-methyl/N-ethyl adjacent to an activating group) is 1. The molecule has 29 heavy (non-hydrogen) atoms. The van der Waals surface area contributed by atoms with Gasteiger partial charge in [-0.15, -0.1) is 0 Å². The Kier molecular flexibility index (Phi) is 7.67. The second-order valence-electron chi connectivity index (χ2n) is 7.86. The van der Waals surface area contributed by atoms with E-state index in [2.05, 4.69) is 35.6 Å². The summed E-state index contributed by atoms with van der Waals surface area (Å²) in [7, 11) is 0.647. The van der Waals surface area contributed by atoms with Crippen LogP contribution in [0.1, 0.15) is 36.8 Å². The zero-order valence-electron chi connectivity index (χ0n) is 17.1. The first-order valence-electron chi connectivity index (χ1n) is 10.2. The molecule has 3 rings (SSSR count). The van der Waals surface area contributed by atoms with Gasteiger partial charge in [0.25, 0.3) is 0 Å². The molecular formula is C22H30BN3O2S. The summed E-state index contributed by atoms with van der Waals surface area (Å²) in [5.74, 6) is 0. The van der Waals surface area contributed by atoms with Crippen LogP contribution in [-0.4, -0.2) is 46.3 Å². The van der Waals surface area contributed by atoms with Crippen LogP contribution in [0, 0.1) is 6.92 Å². The van der Waals surface area contributed by atoms with Gasteiger partial charge in [0.2, 0.25) is 0 Å². The van der Waals surface area contributed by atoms with E-state index in [1.165, 1.54) is 12.8 Å². The third kappa shape index (κ3) is 5.79. The first-order chi connectivity index (χ1) is 14.0. The van der Waals surface area contributed by atoms with Gasteiger partial charge in [0.05, 0.1) is 0 Å². The quantitative estimate of drug-likeness (QED) is 0.433. The van der Waals surface area contributed by atoms with Crippen molar-refractivity contribution in [3.8, 4) is 0 Å². The van der Waals surface area contributed by atoms with E-state index in [0.29, 0.717) is 23.2 Å². The number of benzene rings is 2. The van der Waals surface area contributed by atoms with Crippen molar-refractivity contribution in [2.24, 2.45) is 0 Å². The maximum Gasteiger partial charge on any atom is 0.488 e. The van der Waals surface area contributed by atoms with Gasteiger partial charge in [-0.1, -0.05) is 55.3 Å². The maximum absolute atomic E-state index is 9.66. The second-order valence-corrected chi connectivity index (χ2v) is 8.27. The lowest BCUT2D eigenvalue weighted by Gasteiger charge is -2.39. The van der Waals surface area contributed by atoms with Crippen LogP contribution in [0.5, 0.6) is 0 Å². The Hall–Kier alpha value is -1.93. The molecule has 0 amide bonds. The molecule has 5 nitrogen and oxygen atoms in total. The van der Waals surface area contributed by atoms with Crippen molar-refractivity contribution in [2.45, 2.75) is 51.2 Å². The molecule has 7 heteroatoms. The van der Waals surface area contributed by atoms with Crippen LogP contribution < -0.4 is 16.1 Å². The number of rotatable bonds is 6. The lowest BCUT2D eigenvalue weighted by atomic mass is 9.77. The van der Waals surface area contributed by atoms with Gasteiger partial charge in [0.15, 0.2) is 5.11 Å². The van der Waals surface area contributed by atoms with Crippen LogP contribution >= 0.6 is 12.2 Å². The number of nitrogens with zero attached hydrogens (tertiary/aromatic N) is 1. The van der Waals surface area contributed by atoms with Gasteiger partial charge < -0.3 is 20.7 Å². The summed E-state index contributed by atoms with van der Waals surface area (Å²) in [5, 5.41) is 26.8. The minimum atomic E-state index is -1.45. The first kappa shape index (κ1) is 21.8. The molecular weight excluding hydrogens is 381 g/mol. The zero-order valence-corrected chi connectivity index (χ0v) is 18.0. The molecule has 154 valence electrons. The molecule has 2 aromatic carbocycles. The molecule has 1 aliphatic rings. The molecule has 1 saturated carbocycles. The van der Waals surface area contributed by atoms with E-state index in [1.54, 1.807) is 6.07 Å².